The van der Waals surface area contributed by atoms with Crippen LogP contribution in [0.25, 0.3) is 0 Å². The molecule has 0 amide bonds. The number of halogens is 2. The number of carbonyl (C=O) groups is 2. The van der Waals surface area contributed by atoms with Gasteiger partial charge in [0.1, 0.15) is 6.04 Å². The van der Waals surface area contributed by atoms with Crippen molar-refractivity contribution < 1.29 is 19.8 Å². The number of fused-ring (bicyclic) bond motifs is 1. The van der Waals surface area contributed by atoms with Gasteiger partial charge in [0.15, 0.2) is 0 Å². The monoisotopic (exact) mass is 452 g/mol. The molecule has 5 N–H and O–H groups in total. The Labute approximate surface area is 186 Å². The van der Waals surface area contributed by atoms with Crippen LogP contribution in [0.15, 0.2) is 42.5 Å². The Morgan fingerprint density at radius 2 is 1.77 bits per heavy atom. The first-order chi connectivity index (χ1) is 14.2. The van der Waals surface area contributed by atoms with Crippen LogP contribution in [0.5, 0.6) is 0 Å². The Morgan fingerprint density at radius 3 is 2.33 bits per heavy atom. The molecule has 8 heteroatoms. The molecule has 0 saturated carbocycles. The maximum Gasteiger partial charge on any atom is 0.320 e. The summed E-state index contributed by atoms with van der Waals surface area (Å²) in [5.74, 6) is -1.79. The van der Waals surface area contributed by atoms with Gasteiger partial charge in [-0.25, -0.2) is 0 Å². The normalized spacial score (nSPS) is 18.5. The fraction of sp³-hybridized carbons (Fsp3) is 0.364. The van der Waals surface area contributed by atoms with E-state index < -0.39 is 18.0 Å². The molecule has 2 aromatic rings. The highest BCUT2D eigenvalue weighted by atomic mass is 35.5. The summed E-state index contributed by atoms with van der Waals surface area (Å²) in [6.45, 7) is 0. The summed E-state index contributed by atoms with van der Waals surface area (Å²) in [4.78, 5) is 19.9. The van der Waals surface area contributed by atoms with Gasteiger partial charge in [-0.3, -0.25) is 9.59 Å². The molecule has 0 unspecified atom stereocenters. The molecule has 1 aliphatic carbocycles. The molecule has 162 valence electrons. The predicted octanol–water partition coefficient (Wildman–Crippen LogP) is 4.44. The number of benzene rings is 2. The van der Waals surface area contributed by atoms with Crippen LogP contribution in [0.1, 0.15) is 54.3 Å². The topological polar surface area (TPSA) is 113 Å². The maximum atomic E-state index is 9.99. The van der Waals surface area contributed by atoms with Crippen LogP contribution in [0.2, 0.25) is 10.0 Å². The van der Waals surface area contributed by atoms with E-state index in [0.717, 1.165) is 12.8 Å². The lowest BCUT2D eigenvalue weighted by Gasteiger charge is -2.32. The van der Waals surface area contributed by atoms with Gasteiger partial charge in [-0.05, 0) is 55.1 Å². The number of rotatable bonds is 6. The van der Waals surface area contributed by atoms with Crippen molar-refractivity contribution in [2.75, 3.05) is 7.05 Å². The molecule has 3 atom stereocenters. The zero-order chi connectivity index (χ0) is 22.3. The summed E-state index contributed by atoms with van der Waals surface area (Å²) in [6, 6.07) is 14.1. The van der Waals surface area contributed by atoms with Gasteiger partial charge in [0.05, 0.1) is 10.0 Å². The number of hydrogen-bond donors (Lipinski definition) is 4. The van der Waals surface area contributed by atoms with E-state index >= 15 is 0 Å². The molecule has 0 radical (unpaired) electrons. The third-order valence-corrected chi connectivity index (χ3v) is 5.91. The highest BCUT2D eigenvalue weighted by Gasteiger charge is 2.27. The van der Waals surface area contributed by atoms with E-state index in [1.807, 2.05) is 19.2 Å². The fourth-order valence-electron chi connectivity index (χ4n) is 3.57. The first-order valence-electron chi connectivity index (χ1n) is 9.65. The maximum absolute atomic E-state index is 9.99. The Kier molecular flexibility index (Phi) is 9.11. The van der Waals surface area contributed by atoms with E-state index in [1.165, 1.54) is 16.7 Å². The first-order valence-corrected chi connectivity index (χ1v) is 10.4. The van der Waals surface area contributed by atoms with Crippen LogP contribution in [0.3, 0.4) is 0 Å². The molecule has 2 aromatic carbocycles. The van der Waals surface area contributed by atoms with Gasteiger partial charge in [-0.15, -0.1) is 0 Å². The van der Waals surface area contributed by atoms with Gasteiger partial charge < -0.3 is 21.3 Å². The van der Waals surface area contributed by atoms with Crippen LogP contribution < -0.4 is 11.1 Å². The SMILES string of the molecule is CN[C@H]1CC[C@@H](c2ccc(Cl)c(Cl)c2)c2ccccc21.N[C@@H](CCC(=O)O)C(=O)O. The zero-order valence-corrected chi connectivity index (χ0v) is 18.2. The third kappa shape index (κ3) is 6.44. The minimum absolute atomic E-state index is 0.0231. The van der Waals surface area contributed by atoms with Crippen LogP contribution in [0.4, 0.5) is 0 Å². The molecule has 0 aromatic heterocycles. The number of nitrogens with one attached hydrogen (secondary N) is 1. The van der Waals surface area contributed by atoms with Crippen molar-refractivity contribution >= 4 is 35.1 Å². The third-order valence-electron chi connectivity index (χ3n) is 5.17. The van der Waals surface area contributed by atoms with Crippen molar-refractivity contribution in [1.82, 2.24) is 5.32 Å². The Bertz CT molecular complexity index is 891. The van der Waals surface area contributed by atoms with Gasteiger partial charge in [-0.1, -0.05) is 53.5 Å². The number of nitrogens with two attached hydrogens (primary N) is 1. The van der Waals surface area contributed by atoms with E-state index in [0.29, 0.717) is 22.0 Å². The molecule has 0 spiro atoms. The number of carboxylic acid groups (broad SMARTS) is 2. The Morgan fingerprint density at radius 1 is 1.10 bits per heavy atom. The summed E-state index contributed by atoms with van der Waals surface area (Å²) < 4.78 is 0. The smallest absolute Gasteiger partial charge is 0.320 e. The molecular formula is C22H26Cl2N2O4. The quantitative estimate of drug-likeness (QED) is 0.514. The van der Waals surface area contributed by atoms with Crippen molar-refractivity contribution in [3.05, 3.63) is 69.2 Å². The van der Waals surface area contributed by atoms with E-state index in [9.17, 15) is 9.59 Å². The standard InChI is InChI=1S/C17H17Cl2N.C5H9NO4/c1-20-17-9-7-12(13-4-2-3-5-14(13)17)11-6-8-15(18)16(19)10-11;6-3(5(9)10)1-2-4(7)8/h2-6,8,10,12,17,20H,7,9H2,1H3;3H,1-2,6H2,(H,7,8)(H,9,10)/t12-,17-;3-/m00/s1. The fourth-order valence-corrected chi connectivity index (χ4v) is 3.87. The van der Waals surface area contributed by atoms with Gasteiger partial charge in [0, 0.05) is 18.4 Å². The summed E-state index contributed by atoms with van der Waals surface area (Å²) in [5, 5.41) is 20.9. The largest absolute Gasteiger partial charge is 0.481 e. The predicted molar refractivity (Wildman–Crippen MR) is 118 cm³/mol. The second kappa shape index (κ2) is 11.3. The Balaban J connectivity index is 0.000000274. The summed E-state index contributed by atoms with van der Waals surface area (Å²) in [7, 11) is 2.03. The molecule has 6 nitrogen and oxygen atoms in total. The molecule has 0 fully saturated rings. The molecular weight excluding hydrogens is 427 g/mol. The zero-order valence-electron chi connectivity index (χ0n) is 16.6. The number of carboxylic acids is 2. The second-order valence-electron chi connectivity index (χ2n) is 7.15. The Hall–Kier alpha value is -2.12. The van der Waals surface area contributed by atoms with Crippen LogP contribution in [0, 0.1) is 0 Å². The van der Waals surface area contributed by atoms with Crippen LogP contribution >= 0.6 is 23.2 Å². The highest BCUT2D eigenvalue weighted by Crippen LogP contribution is 2.42. The molecule has 0 bridgehead atoms. The van der Waals surface area contributed by atoms with Crippen molar-refractivity contribution in [3.63, 3.8) is 0 Å². The second-order valence-corrected chi connectivity index (χ2v) is 7.97. The van der Waals surface area contributed by atoms with E-state index in [2.05, 4.69) is 35.6 Å². The lowest BCUT2D eigenvalue weighted by molar-refractivity contribution is -0.139. The van der Waals surface area contributed by atoms with Gasteiger partial charge in [0.2, 0.25) is 0 Å². The molecule has 0 heterocycles. The number of hydrogen-bond acceptors (Lipinski definition) is 4. The summed E-state index contributed by atoms with van der Waals surface area (Å²) in [6.07, 6.45) is 2.04. The lowest BCUT2D eigenvalue weighted by Crippen LogP contribution is -2.30. The van der Waals surface area contributed by atoms with Crippen molar-refractivity contribution in [3.8, 4) is 0 Å². The first kappa shape index (κ1) is 24.2. The lowest BCUT2D eigenvalue weighted by atomic mass is 9.77. The van der Waals surface area contributed by atoms with E-state index in [1.54, 1.807) is 0 Å². The van der Waals surface area contributed by atoms with E-state index in [-0.39, 0.29) is 12.8 Å². The minimum atomic E-state index is -1.17. The average molecular weight is 453 g/mol. The van der Waals surface area contributed by atoms with Gasteiger partial charge in [0.25, 0.3) is 0 Å². The van der Waals surface area contributed by atoms with Gasteiger partial charge in [-0.2, -0.15) is 0 Å². The molecule has 30 heavy (non-hydrogen) atoms. The van der Waals surface area contributed by atoms with Crippen LogP contribution in [-0.2, 0) is 9.59 Å². The number of aliphatic carboxylic acids is 2. The minimum Gasteiger partial charge on any atom is -0.481 e. The molecule has 0 aliphatic heterocycles. The molecule has 0 saturated heterocycles. The van der Waals surface area contributed by atoms with Crippen molar-refractivity contribution in [2.45, 2.75) is 43.7 Å². The highest BCUT2D eigenvalue weighted by molar-refractivity contribution is 6.42. The summed E-state index contributed by atoms with van der Waals surface area (Å²) >= 11 is 12.2. The van der Waals surface area contributed by atoms with E-state index in [4.69, 9.17) is 39.1 Å². The molecule has 3 rings (SSSR count). The summed E-state index contributed by atoms with van der Waals surface area (Å²) in [5.41, 5.74) is 9.05. The van der Waals surface area contributed by atoms with Gasteiger partial charge >= 0.3 is 11.9 Å². The molecule has 1 aliphatic rings. The van der Waals surface area contributed by atoms with Crippen molar-refractivity contribution in [2.24, 2.45) is 5.73 Å². The average Bonchev–Trinajstić information content (AvgIpc) is 2.73. The van der Waals surface area contributed by atoms with Crippen molar-refractivity contribution in [1.29, 1.82) is 0 Å². The van der Waals surface area contributed by atoms with Crippen LogP contribution in [-0.4, -0.2) is 35.2 Å².